The quantitative estimate of drug-likeness (QED) is 0.887. The number of methoxy groups -OCH3 is 1. The summed E-state index contributed by atoms with van der Waals surface area (Å²) < 4.78 is 45.2. The van der Waals surface area contributed by atoms with Crippen molar-refractivity contribution >= 4 is 5.91 Å². The molecule has 1 aliphatic rings. The number of carbonyl (C=O) groups is 1. The van der Waals surface area contributed by atoms with Crippen LogP contribution in [0.5, 0.6) is 5.75 Å². The van der Waals surface area contributed by atoms with Crippen molar-refractivity contribution in [3.05, 3.63) is 63.1 Å². The van der Waals surface area contributed by atoms with Crippen LogP contribution in [-0.4, -0.2) is 17.6 Å². The number of hydrogen-bond donors (Lipinski definition) is 1. The standard InChI is InChI=1S/C19H19F3N2O3/c1-27-15-10-16(25)24-8-3-2-7-14(24)17(15)18(26)23-11-12-5-4-6-13(9-12)19(20,21)22/h4-6,9-10H,2-3,7-8,11H2,1H3,(H,23,26). The van der Waals surface area contributed by atoms with Gasteiger partial charge in [-0.05, 0) is 37.0 Å². The molecule has 27 heavy (non-hydrogen) atoms. The molecular weight excluding hydrogens is 361 g/mol. The molecule has 3 rings (SSSR count). The van der Waals surface area contributed by atoms with E-state index in [0.717, 1.165) is 25.0 Å². The third kappa shape index (κ3) is 3.99. The van der Waals surface area contributed by atoms with Gasteiger partial charge in [0.2, 0.25) is 0 Å². The van der Waals surface area contributed by atoms with Crippen molar-refractivity contribution in [3.63, 3.8) is 0 Å². The summed E-state index contributed by atoms with van der Waals surface area (Å²) in [6.45, 7) is 0.469. The molecule has 2 heterocycles. The van der Waals surface area contributed by atoms with E-state index in [0.29, 0.717) is 24.2 Å². The first-order valence-corrected chi connectivity index (χ1v) is 8.56. The van der Waals surface area contributed by atoms with Gasteiger partial charge >= 0.3 is 6.18 Å². The molecule has 0 saturated carbocycles. The molecule has 0 bridgehead atoms. The average Bonchev–Trinajstić information content (AvgIpc) is 2.65. The predicted molar refractivity (Wildman–Crippen MR) is 92.8 cm³/mol. The summed E-state index contributed by atoms with van der Waals surface area (Å²) in [4.78, 5) is 24.9. The summed E-state index contributed by atoms with van der Waals surface area (Å²) in [5.41, 5.74) is 0.210. The molecule has 0 atom stereocenters. The molecule has 0 fully saturated rings. The Morgan fingerprint density at radius 2 is 2.04 bits per heavy atom. The average molecular weight is 380 g/mol. The number of nitrogens with one attached hydrogen (secondary N) is 1. The van der Waals surface area contributed by atoms with Gasteiger partial charge in [0.15, 0.2) is 0 Å². The van der Waals surface area contributed by atoms with Crippen LogP contribution in [0, 0.1) is 0 Å². The van der Waals surface area contributed by atoms with Crippen LogP contribution in [0.4, 0.5) is 13.2 Å². The summed E-state index contributed by atoms with van der Waals surface area (Å²) in [7, 11) is 1.37. The van der Waals surface area contributed by atoms with Gasteiger partial charge in [-0.1, -0.05) is 12.1 Å². The number of nitrogens with zero attached hydrogens (tertiary/aromatic N) is 1. The fraction of sp³-hybridized carbons (Fsp3) is 0.368. The molecule has 0 aliphatic carbocycles. The van der Waals surface area contributed by atoms with E-state index in [1.807, 2.05) is 0 Å². The molecule has 0 unspecified atom stereocenters. The second-order valence-electron chi connectivity index (χ2n) is 6.36. The van der Waals surface area contributed by atoms with Crippen LogP contribution in [0.3, 0.4) is 0 Å². The van der Waals surface area contributed by atoms with Crippen molar-refractivity contribution in [2.24, 2.45) is 0 Å². The summed E-state index contributed by atoms with van der Waals surface area (Å²) in [6.07, 6.45) is -2.17. The maximum atomic E-state index is 12.8. The highest BCUT2D eigenvalue weighted by Crippen LogP contribution is 2.29. The number of pyridine rings is 1. The normalized spacial score (nSPS) is 13.8. The highest BCUT2D eigenvalue weighted by atomic mass is 19.4. The van der Waals surface area contributed by atoms with Gasteiger partial charge in [-0.2, -0.15) is 13.2 Å². The molecule has 144 valence electrons. The lowest BCUT2D eigenvalue weighted by Gasteiger charge is -2.22. The fourth-order valence-electron chi connectivity index (χ4n) is 3.27. The molecule has 5 nitrogen and oxygen atoms in total. The Hall–Kier alpha value is -2.77. The largest absolute Gasteiger partial charge is 0.496 e. The number of amides is 1. The number of hydrogen-bond acceptors (Lipinski definition) is 3. The minimum atomic E-state index is -4.44. The molecular formula is C19H19F3N2O3. The number of carbonyl (C=O) groups excluding carboxylic acids is 1. The zero-order valence-electron chi connectivity index (χ0n) is 14.7. The second-order valence-corrected chi connectivity index (χ2v) is 6.36. The lowest BCUT2D eigenvalue weighted by Crippen LogP contribution is -2.33. The number of aromatic nitrogens is 1. The van der Waals surface area contributed by atoms with E-state index in [1.54, 1.807) is 4.57 Å². The van der Waals surface area contributed by atoms with Crippen molar-refractivity contribution in [1.29, 1.82) is 0 Å². The fourth-order valence-corrected chi connectivity index (χ4v) is 3.27. The highest BCUT2D eigenvalue weighted by molar-refractivity contribution is 5.98. The molecule has 8 heteroatoms. The number of ether oxygens (including phenoxy) is 1. The molecule has 1 aliphatic heterocycles. The first-order valence-electron chi connectivity index (χ1n) is 8.56. The van der Waals surface area contributed by atoms with E-state index < -0.39 is 17.6 Å². The Kier molecular flexibility index (Phi) is 5.25. The van der Waals surface area contributed by atoms with E-state index in [2.05, 4.69) is 5.32 Å². The number of fused-ring (bicyclic) bond motifs is 1. The zero-order chi connectivity index (χ0) is 19.6. The number of benzene rings is 1. The van der Waals surface area contributed by atoms with Gasteiger partial charge in [-0.15, -0.1) is 0 Å². The zero-order valence-corrected chi connectivity index (χ0v) is 14.7. The smallest absolute Gasteiger partial charge is 0.416 e. The van der Waals surface area contributed by atoms with Gasteiger partial charge in [0.1, 0.15) is 11.3 Å². The van der Waals surface area contributed by atoms with Crippen molar-refractivity contribution in [2.75, 3.05) is 7.11 Å². The maximum absolute atomic E-state index is 12.8. The molecule has 0 spiro atoms. The molecule has 1 N–H and O–H groups in total. The number of halogens is 3. The Bertz CT molecular complexity index is 919. The van der Waals surface area contributed by atoms with Gasteiger partial charge < -0.3 is 14.6 Å². The Morgan fingerprint density at radius 1 is 1.26 bits per heavy atom. The summed E-state index contributed by atoms with van der Waals surface area (Å²) in [5.74, 6) is -0.301. The van der Waals surface area contributed by atoms with Crippen LogP contribution in [0.15, 0.2) is 35.1 Å². The van der Waals surface area contributed by atoms with Gasteiger partial charge in [-0.25, -0.2) is 0 Å². The summed E-state index contributed by atoms with van der Waals surface area (Å²) in [5, 5.41) is 2.64. The third-order valence-corrected chi connectivity index (χ3v) is 4.58. The van der Waals surface area contributed by atoms with Crippen molar-refractivity contribution in [3.8, 4) is 5.75 Å². The van der Waals surface area contributed by atoms with Gasteiger partial charge in [-0.3, -0.25) is 9.59 Å². The molecule has 0 radical (unpaired) electrons. The van der Waals surface area contributed by atoms with E-state index >= 15 is 0 Å². The van der Waals surface area contributed by atoms with Gasteiger partial charge in [0, 0.05) is 24.8 Å². The van der Waals surface area contributed by atoms with Crippen molar-refractivity contribution in [2.45, 2.75) is 38.5 Å². The van der Waals surface area contributed by atoms with Gasteiger partial charge in [0.05, 0.1) is 12.7 Å². The first-order chi connectivity index (χ1) is 12.8. The van der Waals surface area contributed by atoms with Crippen molar-refractivity contribution in [1.82, 2.24) is 9.88 Å². The minimum Gasteiger partial charge on any atom is -0.496 e. The van der Waals surface area contributed by atoms with E-state index in [4.69, 9.17) is 4.74 Å². The maximum Gasteiger partial charge on any atom is 0.416 e. The summed E-state index contributed by atoms with van der Waals surface area (Å²) in [6, 6.07) is 6.07. The Balaban J connectivity index is 1.86. The third-order valence-electron chi connectivity index (χ3n) is 4.58. The lowest BCUT2D eigenvalue weighted by molar-refractivity contribution is -0.137. The summed E-state index contributed by atoms with van der Waals surface area (Å²) >= 11 is 0. The van der Waals surface area contributed by atoms with Gasteiger partial charge in [0.25, 0.3) is 11.5 Å². The van der Waals surface area contributed by atoms with E-state index in [1.165, 1.54) is 25.3 Å². The van der Waals surface area contributed by atoms with E-state index in [-0.39, 0.29) is 23.4 Å². The Morgan fingerprint density at radius 3 is 2.74 bits per heavy atom. The highest BCUT2D eigenvalue weighted by Gasteiger charge is 2.30. The lowest BCUT2D eigenvalue weighted by atomic mass is 10.0. The number of rotatable bonds is 4. The molecule has 1 aromatic heterocycles. The van der Waals surface area contributed by atoms with Crippen LogP contribution in [0.1, 0.15) is 40.0 Å². The van der Waals surface area contributed by atoms with Crippen molar-refractivity contribution < 1.29 is 22.7 Å². The molecule has 1 aromatic carbocycles. The van der Waals surface area contributed by atoms with Crippen LogP contribution >= 0.6 is 0 Å². The topological polar surface area (TPSA) is 60.3 Å². The second kappa shape index (κ2) is 7.46. The molecule has 1 amide bonds. The van der Waals surface area contributed by atoms with E-state index in [9.17, 15) is 22.8 Å². The first kappa shape index (κ1) is 19.0. The monoisotopic (exact) mass is 380 g/mol. The minimum absolute atomic E-state index is 0.0650. The predicted octanol–water partition coefficient (Wildman–Crippen LogP) is 3.14. The van der Waals surface area contributed by atoms with Crippen LogP contribution in [0.2, 0.25) is 0 Å². The SMILES string of the molecule is COc1cc(=O)n2c(c1C(=O)NCc1cccc(C(F)(F)F)c1)CCCC2. The van der Waals surface area contributed by atoms with Crippen LogP contribution in [-0.2, 0) is 25.7 Å². The van der Waals surface area contributed by atoms with Crippen LogP contribution < -0.4 is 15.6 Å². The Labute approximate surface area is 153 Å². The van der Waals surface area contributed by atoms with Crippen LogP contribution in [0.25, 0.3) is 0 Å². The number of alkyl halides is 3. The molecule has 0 saturated heterocycles. The molecule has 2 aromatic rings.